The van der Waals surface area contributed by atoms with Crippen molar-refractivity contribution in [3.63, 3.8) is 0 Å². The molecule has 2 aromatic rings. The van der Waals surface area contributed by atoms with Gasteiger partial charge in [-0.1, -0.05) is 30.3 Å². The lowest BCUT2D eigenvalue weighted by molar-refractivity contribution is -0.121. The van der Waals surface area contributed by atoms with Crippen molar-refractivity contribution in [1.29, 1.82) is 0 Å². The third-order valence-electron chi connectivity index (χ3n) is 3.22. The van der Waals surface area contributed by atoms with Crippen LogP contribution in [0.25, 0.3) is 0 Å². The lowest BCUT2D eigenvalue weighted by atomic mass is 9.93. The van der Waals surface area contributed by atoms with Gasteiger partial charge in [0, 0.05) is 18.9 Å². The van der Waals surface area contributed by atoms with Crippen LogP contribution >= 0.6 is 0 Å². The highest BCUT2D eigenvalue weighted by atomic mass is 16.3. The van der Waals surface area contributed by atoms with Gasteiger partial charge in [0.25, 0.3) is 0 Å². The van der Waals surface area contributed by atoms with Gasteiger partial charge in [-0.3, -0.25) is 4.79 Å². The molecule has 0 spiro atoms. The van der Waals surface area contributed by atoms with Crippen molar-refractivity contribution in [2.75, 3.05) is 6.54 Å². The summed E-state index contributed by atoms with van der Waals surface area (Å²) in [5, 5.41) is 13.2. The van der Waals surface area contributed by atoms with E-state index in [1.54, 1.807) is 30.2 Å². The molecule has 0 fully saturated rings. The van der Waals surface area contributed by atoms with Crippen molar-refractivity contribution in [1.82, 2.24) is 14.9 Å². The average molecular weight is 273 g/mol. The molecule has 1 atom stereocenters. The van der Waals surface area contributed by atoms with Gasteiger partial charge in [-0.15, -0.1) is 0 Å². The zero-order valence-electron chi connectivity index (χ0n) is 11.5. The van der Waals surface area contributed by atoms with E-state index < -0.39 is 5.60 Å². The fourth-order valence-corrected chi connectivity index (χ4v) is 1.99. The Hall–Kier alpha value is -2.14. The van der Waals surface area contributed by atoms with Gasteiger partial charge in [-0.2, -0.15) is 0 Å². The van der Waals surface area contributed by atoms with E-state index in [0.717, 1.165) is 5.56 Å². The topological polar surface area (TPSA) is 67.2 Å². The first-order valence-corrected chi connectivity index (χ1v) is 6.58. The van der Waals surface area contributed by atoms with E-state index >= 15 is 0 Å². The molecule has 0 aliphatic carbocycles. The van der Waals surface area contributed by atoms with Crippen molar-refractivity contribution >= 4 is 5.91 Å². The Bertz CT molecular complexity index is 536. The monoisotopic (exact) mass is 273 g/mol. The van der Waals surface area contributed by atoms with E-state index in [-0.39, 0.29) is 12.5 Å². The second-order valence-corrected chi connectivity index (χ2v) is 4.97. The Morgan fingerprint density at radius 3 is 2.80 bits per heavy atom. The fraction of sp³-hybridized carbons (Fsp3) is 0.333. The van der Waals surface area contributed by atoms with Crippen molar-refractivity contribution in [3.05, 3.63) is 54.6 Å². The molecule has 5 nitrogen and oxygen atoms in total. The fourth-order valence-electron chi connectivity index (χ4n) is 1.99. The normalized spacial score (nSPS) is 13.7. The number of imidazole rings is 1. The van der Waals surface area contributed by atoms with Gasteiger partial charge in [0.1, 0.15) is 6.54 Å². The SMILES string of the molecule is CC(O)(CCNC(=O)Cn1ccnc1)c1ccccc1. The molecule has 2 rings (SSSR count). The minimum absolute atomic E-state index is 0.0909. The lowest BCUT2D eigenvalue weighted by Crippen LogP contribution is -2.33. The summed E-state index contributed by atoms with van der Waals surface area (Å²) in [6, 6.07) is 9.45. The van der Waals surface area contributed by atoms with Crippen molar-refractivity contribution < 1.29 is 9.90 Å². The van der Waals surface area contributed by atoms with E-state index in [2.05, 4.69) is 10.3 Å². The summed E-state index contributed by atoms with van der Waals surface area (Å²) >= 11 is 0. The molecule has 1 aromatic carbocycles. The van der Waals surface area contributed by atoms with Gasteiger partial charge in [-0.05, 0) is 18.9 Å². The van der Waals surface area contributed by atoms with Crippen LogP contribution in [0.5, 0.6) is 0 Å². The first-order valence-electron chi connectivity index (χ1n) is 6.58. The summed E-state index contributed by atoms with van der Waals surface area (Å²) in [5.41, 5.74) is -0.0901. The van der Waals surface area contributed by atoms with Crippen LogP contribution in [-0.4, -0.2) is 27.1 Å². The highest BCUT2D eigenvalue weighted by Crippen LogP contribution is 2.23. The van der Waals surface area contributed by atoms with Crippen LogP contribution in [0.4, 0.5) is 0 Å². The number of aliphatic hydroxyl groups is 1. The molecule has 0 aliphatic heterocycles. The summed E-state index contributed by atoms with van der Waals surface area (Å²) in [5.74, 6) is -0.0909. The predicted octanol–water partition coefficient (Wildman–Crippen LogP) is 1.30. The Balaban J connectivity index is 1.79. The maximum absolute atomic E-state index is 11.7. The quantitative estimate of drug-likeness (QED) is 0.833. The number of carbonyl (C=O) groups is 1. The molecule has 20 heavy (non-hydrogen) atoms. The standard InChI is InChI=1S/C15H19N3O2/c1-15(20,13-5-3-2-4-6-13)7-8-17-14(19)11-18-10-9-16-12-18/h2-6,9-10,12,20H,7-8,11H2,1H3,(H,17,19). The van der Waals surface area contributed by atoms with Crippen LogP contribution in [0.15, 0.2) is 49.1 Å². The van der Waals surface area contributed by atoms with E-state index in [0.29, 0.717) is 13.0 Å². The molecule has 0 bridgehead atoms. The second kappa shape index (κ2) is 6.34. The van der Waals surface area contributed by atoms with Crippen LogP contribution in [0.3, 0.4) is 0 Å². The minimum atomic E-state index is -0.941. The molecule has 5 heteroatoms. The summed E-state index contributed by atoms with van der Waals surface area (Å²) in [6.45, 7) is 2.42. The largest absolute Gasteiger partial charge is 0.385 e. The average Bonchev–Trinajstić information content (AvgIpc) is 2.92. The molecular formula is C15H19N3O2. The number of carbonyl (C=O) groups excluding carboxylic acids is 1. The Labute approximate surface area is 118 Å². The van der Waals surface area contributed by atoms with E-state index in [4.69, 9.17) is 0 Å². The molecular weight excluding hydrogens is 254 g/mol. The van der Waals surface area contributed by atoms with E-state index in [1.165, 1.54) is 0 Å². The van der Waals surface area contributed by atoms with Crippen LogP contribution < -0.4 is 5.32 Å². The molecule has 0 saturated carbocycles. The van der Waals surface area contributed by atoms with Gasteiger partial charge in [0.2, 0.25) is 5.91 Å². The van der Waals surface area contributed by atoms with Crippen LogP contribution in [-0.2, 0) is 16.9 Å². The molecule has 0 saturated heterocycles. The van der Waals surface area contributed by atoms with Crippen LogP contribution in [0, 0.1) is 0 Å². The number of nitrogens with zero attached hydrogens (tertiary/aromatic N) is 2. The van der Waals surface area contributed by atoms with E-state index in [9.17, 15) is 9.90 Å². The van der Waals surface area contributed by atoms with Crippen molar-refractivity contribution in [2.45, 2.75) is 25.5 Å². The van der Waals surface area contributed by atoms with Gasteiger partial charge in [0.05, 0.1) is 11.9 Å². The smallest absolute Gasteiger partial charge is 0.239 e. The maximum Gasteiger partial charge on any atom is 0.239 e. The summed E-state index contributed by atoms with van der Waals surface area (Å²) in [7, 11) is 0. The number of rotatable bonds is 6. The highest BCUT2D eigenvalue weighted by Gasteiger charge is 2.22. The number of hydrogen-bond acceptors (Lipinski definition) is 3. The highest BCUT2D eigenvalue weighted by molar-refractivity contribution is 5.75. The number of hydrogen-bond donors (Lipinski definition) is 2. The zero-order chi connectivity index (χ0) is 14.4. The third-order valence-corrected chi connectivity index (χ3v) is 3.22. The molecule has 1 amide bonds. The zero-order valence-corrected chi connectivity index (χ0v) is 11.5. The minimum Gasteiger partial charge on any atom is -0.385 e. The second-order valence-electron chi connectivity index (χ2n) is 4.97. The maximum atomic E-state index is 11.7. The summed E-state index contributed by atoms with van der Waals surface area (Å²) in [4.78, 5) is 15.6. The van der Waals surface area contributed by atoms with Gasteiger partial charge < -0.3 is 15.0 Å². The molecule has 0 radical (unpaired) electrons. The Morgan fingerprint density at radius 1 is 1.40 bits per heavy atom. The van der Waals surface area contributed by atoms with Crippen molar-refractivity contribution in [3.8, 4) is 0 Å². The number of benzene rings is 1. The number of amides is 1. The molecule has 2 N–H and O–H groups in total. The first kappa shape index (κ1) is 14.3. The number of nitrogens with one attached hydrogen (secondary N) is 1. The molecule has 1 heterocycles. The molecule has 1 unspecified atom stereocenters. The number of aromatic nitrogens is 2. The Morgan fingerprint density at radius 2 is 2.15 bits per heavy atom. The first-order chi connectivity index (χ1) is 9.58. The molecule has 106 valence electrons. The van der Waals surface area contributed by atoms with Gasteiger partial charge in [0.15, 0.2) is 0 Å². The van der Waals surface area contributed by atoms with E-state index in [1.807, 2.05) is 30.3 Å². The predicted molar refractivity (Wildman–Crippen MR) is 75.9 cm³/mol. The summed E-state index contributed by atoms with van der Waals surface area (Å²) < 4.78 is 1.70. The molecule has 1 aromatic heterocycles. The van der Waals surface area contributed by atoms with Crippen LogP contribution in [0.1, 0.15) is 18.9 Å². The van der Waals surface area contributed by atoms with Crippen molar-refractivity contribution in [2.24, 2.45) is 0 Å². The summed E-state index contributed by atoms with van der Waals surface area (Å²) in [6.07, 6.45) is 5.43. The van der Waals surface area contributed by atoms with Crippen LogP contribution in [0.2, 0.25) is 0 Å². The van der Waals surface area contributed by atoms with Gasteiger partial charge >= 0.3 is 0 Å². The Kier molecular flexibility index (Phi) is 4.53. The van der Waals surface area contributed by atoms with Gasteiger partial charge in [-0.25, -0.2) is 4.98 Å². The lowest BCUT2D eigenvalue weighted by Gasteiger charge is -2.24. The molecule has 0 aliphatic rings. The third kappa shape index (κ3) is 3.93.